The van der Waals surface area contributed by atoms with Gasteiger partial charge in [0.2, 0.25) is 5.78 Å². The lowest BCUT2D eigenvalue weighted by Crippen LogP contribution is -2.54. The number of carboxylic acids is 1. The normalized spacial score (nSPS) is 14.4. The topological polar surface area (TPSA) is 87.1 Å². The Morgan fingerprint density at radius 1 is 1.32 bits per heavy atom. The number of rotatable bonds is 11. The van der Waals surface area contributed by atoms with Crippen molar-refractivity contribution < 1.29 is 29.0 Å². The quantitative estimate of drug-likeness (QED) is 0.372. The molecule has 1 unspecified atom stereocenters. The van der Waals surface area contributed by atoms with Crippen molar-refractivity contribution >= 4 is 11.8 Å². The molecule has 0 aliphatic heterocycles. The van der Waals surface area contributed by atoms with Crippen molar-refractivity contribution in [3.8, 4) is 0 Å². The van der Waals surface area contributed by atoms with Crippen LogP contribution in [0.5, 0.6) is 0 Å². The minimum absolute atomic E-state index is 0.00898. The molecule has 0 heterocycles. The van der Waals surface area contributed by atoms with Crippen LogP contribution in [0.15, 0.2) is 0 Å². The van der Waals surface area contributed by atoms with E-state index >= 15 is 0 Å². The van der Waals surface area contributed by atoms with Gasteiger partial charge in [0.15, 0.2) is 6.54 Å². The van der Waals surface area contributed by atoms with Gasteiger partial charge in [-0.1, -0.05) is 6.92 Å². The van der Waals surface area contributed by atoms with E-state index in [2.05, 4.69) is 0 Å². The first kappa shape index (κ1) is 18.0. The van der Waals surface area contributed by atoms with Gasteiger partial charge in [0, 0.05) is 13.7 Å². The number of ether oxygens (including phenoxy) is 1. The molecule has 0 spiro atoms. The van der Waals surface area contributed by atoms with Crippen molar-refractivity contribution in [2.75, 3.05) is 60.2 Å². The minimum Gasteiger partial charge on any atom is -0.477 e. The number of aliphatic hydroxyl groups excluding tert-OH is 1. The molecule has 1 atom stereocenters. The number of carbonyl (C=O) groups is 2. The van der Waals surface area contributed by atoms with Gasteiger partial charge in [-0.05, 0) is 6.54 Å². The molecule has 0 amide bonds. The molecule has 0 aliphatic carbocycles. The van der Waals surface area contributed by atoms with E-state index in [1.807, 2.05) is 6.92 Å². The van der Waals surface area contributed by atoms with Crippen molar-refractivity contribution in [2.24, 2.45) is 0 Å². The smallest absolute Gasteiger partial charge is 0.359 e. The third-order valence-corrected chi connectivity index (χ3v) is 2.98. The van der Waals surface area contributed by atoms with E-state index in [1.54, 1.807) is 11.9 Å². The standard InChI is InChI=1S/C12H24N2O5/c1-4-13(10-15)5-6-14(2,8-12(17)18)7-11(16)9-19-3/h15H,4-10H2,1-3H3/p+1. The molecule has 0 fully saturated rings. The summed E-state index contributed by atoms with van der Waals surface area (Å²) in [6.07, 6.45) is 0. The molecule has 19 heavy (non-hydrogen) atoms. The summed E-state index contributed by atoms with van der Waals surface area (Å²) < 4.78 is 4.87. The molecule has 7 heteroatoms. The summed E-state index contributed by atoms with van der Waals surface area (Å²) in [6.45, 7) is 3.51. The number of Topliss-reactive ketones (excluding diaryl/α,β-unsaturated/α-hetero) is 1. The zero-order chi connectivity index (χ0) is 14.9. The van der Waals surface area contributed by atoms with Gasteiger partial charge in [-0.2, -0.15) is 0 Å². The van der Waals surface area contributed by atoms with Gasteiger partial charge in [0.25, 0.3) is 0 Å². The molecule has 0 aromatic rings. The number of likely N-dealkylation sites (N-methyl/N-ethyl adjacent to an activating group) is 2. The van der Waals surface area contributed by atoms with E-state index in [0.29, 0.717) is 19.6 Å². The molecule has 0 saturated carbocycles. The molecule has 112 valence electrons. The van der Waals surface area contributed by atoms with Gasteiger partial charge in [-0.25, -0.2) is 4.79 Å². The van der Waals surface area contributed by atoms with Gasteiger partial charge < -0.3 is 19.4 Å². The number of methoxy groups -OCH3 is 1. The van der Waals surface area contributed by atoms with Gasteiger partial charge in [0.1, 0.15) is 13.2 Å². The van der Waals surface area contributed by atoms with Crippen LogP contribution < -0.4 is 0 Å². The summed E-state index contributed by atoms with van der Waals surface area (Å²) in [5.41, 5.74) is 0. The van der Waals surface area contributed by atoms with E-state index in [4.69, 9.17) is 14.9 Å². The van der Waals surface area contributed by atoms with Gasteiger partial charge in [-0.3, -0.25) is 9.69 Å². The third kappa shape index (κ3) is 7.89. The average molecular weight is 277 g/mol. The summed E-state index contributed by atoms with van der Waals surface area (Å²) in [5, 5.41) is 18.0. The second-order valence-corrected chi connectivity index (χ2v) is 4.88. The van der Waals surface area contributed by atoms with Crippen LogP contribution in [0, 0.1) is 0 Å². The molecule has 0 bridgehead atoms. The predicted molar refractivity (Wildman–Crippen MR) is 69.6 cm³/mol. The Morgan fingerprint density at radius 3 is 2.37 bits per heavy atom. The van der Waals surface area contributed by atoms with Gasteiger partial charge in [0.05, 0.1) is 20.3 Å². The highest BCUT2D eigenvalue weighted by atomic mass is 16.5. The lowest BCUT2D eigenvalue weighted by Gasteiger charge is -2.33. The fraction of sp³-hybridized carbons (Fsp3) is 0.833. The summed E-state index contributed by atoms with van der Waals surface area (Å²) in [7, 11) is 3.16. The van der Waals surface area contributed by atoms with Crippen molar-refractivity contribution in [1.29, 1.82) is 0 Å². The molecule has 0 rings (SSSR count). The molecule has 0 aromatic carbocycles. The van der Waals surface area contributed by atoms with Gasteiger partial charge in [-0.15, -0.1) is 0 Å². The van der Waals surface area contributed by atoms with Crippen LogP contribution in [0.3, 0.4) is 0 Å². The van der Waals surface area contributed by atoms with E-state index in [1.165, 1.54) is 7.11 Å². The number of aliphatic carboxylic acids is 1. The number of nitrogens with zero attached hydrogens (tertiary/aromatic N) is 2. The Morgan fingerprint density at radius 2 is 1.95 bits per heavy atom. The van der Waals surface area contributed by atoms with E-state index in [0.717, 1.165) is 0 Å². The van der Waals surface area contributed by atoms with Crippen LogP contribution in [-0.2, 0) is 14.3 Å². The molecular formula is C12H25N2O5+. The van der Waals surface area contributed by atoms with Crippen molar-refractivity contribution in [3.63, 3.8) is 0 Å². The second-order valence-electron chi connectivity index (χ2n) is 4.88. The first-order valence-corrected chi connectivity index (χ1v) is 6.26. The minimum atomic E-state index is -0.945. The van der Waals surface area contributed by atoms with E-state index in [-0.39, 0.29) is 36.7 Å². The number of hydrogen-bond acceptors (Lipinski definition) is 5. The summed E-state index contributed by atoms with van der Waals surface area (Å²) in [5.74, 6) is -1.07. The fourth-order valence-corrected chi connectivity index (χ4v) is 1.88. The largest absolute Gasteiger partial charge is 0.477 e. The Bertz CT molecular complexity index is 294. The van der Waals surface area contributed by atoms with E-state index in [9.17, 15) is 9.59 Å². The number of carbonyl (C=O) groups excluding carboxylic acids is 1. The monoisotopic (exact) mass is 277 g/mol. The second kappa shape index (κ2) is 8.98. The number of quaternary nitrogens is 1. The lowest BCUT2D eigenvalue weighted by molar-refractivity contribution is -0.894. The van der Waals surface area contributed by atoms with Crippen LogP contribution in [-0.4, -0.2) is 91.6 Å². The van der Waals surface area contributed by atoms with Crippen LogP contribution in [0.4, 0.5) is 0 Å². The Balaban J connectivity index is 4.57. The Kier molecular flexibility index (Phi) is 8.49. The lowest BCUT2D eigenvalue weighted by atomic mass is 10.3. The molecular weight excluding hydrogens is 252 g/mol. The fourth-order valence-electron chi connectivity index (χ4n) is 1.88. The van der Waals surface area contributed by atoms with Crippen molar-refractivity contribution in [2.45, 2.75) is 6.92 Å². The molecule has 2 N–H and O–H groups in total. The highest BCUT2D eigenvalue weighted by molar-refractivity contribution is 5.81. The molecule has 0 radical (unpaired) electrons. The van der Waals surface area contributed by atoms with Crippen LogP contribution in [0.25, 0.3) is 0 Å². The summed E-state index contributed by atoms with van der Waals surface area (Å²) >= 11 is 0. The third-order valence-electron chi connectivity index (χ3n) is 2.98. The number of hydrogen-bond donors (Lipinski definition) is 2. The van der Waals surface area contributed by atoms with Crippen LogP contribution in [0.2, 0.25) is 0 Å². The number of aliphatic hydroxyl groups is 1. The predicted octanol–water partition coefficient (Wildman–Crippen LogP) is -0.995. The maximum Gasteiger partial charge on any atom is 0.359 e. The molecule has 0 aromatic heterocycles. The molecule has 7 nitrogen and oxygen atoms in total. The van der Waals surface area contributed by atoms with Crippen LogP contribution in [0.1, 0.15) is 6.92 Å². The van der Waals surface area contributed by atoms with Crippen molar-refractivity contribution in [1.82, 2.24) is 4.90 Å². The van der Waals surface area contributed by atoms with Gasteiger partial charge >= 0.3 is 5.97 Å². The Labute approximate surface area is 114 Å². The maximum absolute atomic E-state index is 11.6. The highest BCUT2D eigenvalue weighted by Crippen LogP contribution is 2.04. The number of carboxylic acid groups (broad SMARTS) is 1. The zero-order valence-electron chi connectivity index (χ0n) is 12.0. The first-order chi connectivity index (χ1) is 8.86. The maximum atomic E-state index is 11.6. The highest BCUT2D eigenvalue weighted by Gasteiger charge is 2.28. The van der Waals surface area contributed by atoms with Crippen LogP contribution >= 0.6 is 0 Å². The average Bonchev–Trinajstić information content (AvgIpc) is 2.29. The molecule has 0 saturated heterocycles. The first-order valence-electron chi connectivity index (χ1n) is 6.26. The SMILES string of the molecule is CCN(CO)CC[N+](C)(CC(=O)O)CC(=O)COC. The summed E-state index contributed by atoms with van der Waals surface area (Å²) in [4.78, 5) is 24.3. The Hall–Kier alpha value is -1.02. The summed E-state index contributed by atoms with van der Waals surface area (Å²) in [6, 6.07) is 0. The number of ketones is 1. The molecule has 0 aliphatic rings. The van der Waals surface area contributed by atoms with E-state index < -0.39 is 5.97 Å². The zero-order valence-corrected chi connectivity index (χ0v) is 12.0. The van der Waals surface area contributed by atoms with Crippen molar-refractivity contribution in [3.05, 3.63) is 0 Å².